The molecule has 0 bridgehead atoms. The van der Waals surface area contributed by atoms with Crippen molar-refractivity contribution >= 4 is 11.7 Å². The fraction of sp³-hybridized carbons (Fsp3) is 0.300. The molecule has 2 unspecified atom stereocenters. The first kappa shape index (κ1) is 15.4. The molecule has 0 saturated heterocycles. The van der Waals surface area contributed by atoms with Gasteiger partial charge in [0.15, 0.2) is 0 Å². The lowest BCUT2D eigenvalue weighted by molar-refractivity contribution is -0.386. The number of carbonyl (C=O) groups is 1. The van der Waals surface area contributed by atoms with Gasteiger partial charge in [0.05, 0.1) is 28.7 Å². The Balaban J connectivity index is 3.19. The average Bonchev–Trinajstić information content (AvgIpc) is 2.42. The second-order valence-corrected chi connectivity index (χ2v) is 3.76. The molecule has 1 rings (SSSR count). The molecule has 0 aromatic heterocycles. The van der Waals surface area contributed by atoms with Crippen LogP contribution in [0, 0.1) is 10.1 Å². The van der Waals surface area contributed by atoms with Crippen LogP contribution in [0.2, 0.25) is 0 Å². The Morgan fingerprint density at radius 2 is 2.15 bits per heavy atom. The average molecular weight is 282 g/mol. The Bertz CT molecular complexity index is 583. The summed E-state index contributed by atoms with van der Waals surface area (Å²) in [5.74, 6) is -1.36. The third kappa shape index (κ3) is 3.42. The Hall–Kier alpha value is -2.68. The number of carboxylic acid groups (broad SMARTS) is 1. The SMILES string of the molecule is [N-]=[N+]=NCC(O)C(O)c1ccc(C(=O)O)cc1[N+](=O)[O-]. The van der Waals surface area contributed by atoms with E-state index in [1.54, 1.807) is 0 Å². The maximum atomic E-state index is 10.9. The van der Waals surface area contributed by atoms with Crippen LogP contribution in [0.3, 0.4) is 0 Å². The van der Waals surface area contributed by atoms with E-state index in [4.69, 9.17) is 10.6 Å². The van der Waals surface area contributed by atoms with Crippen LogP contribution in [0.1, 0.15) is 22.0 Å². The van der Waals surface area contributed by atoms with Gasteiger partial charge in [-0.1, -0.05) is 5.11 Å². The lowest BCUT2D eigenvalue weighted by atomic mass is 10.0. The fourth-order valence-electron chi connectivity index (χ4n) is 1.51. The minimum Gasteiger partial charge on any atom is -0.478 e. The van der Waals surface area contributed by atoms with E-state index in [0.717, 1.165) is 18.2 Å². The molecular weight excluding hydrogens is 272 g/mol. The zero-order valence-corrected chi connectivity index (χ0v) is 9.95. The fourth-order valence-corrected chi connectivity index (χ4v) is 1.51. The Kier molecular flexibility index (Phi) is 4.98. The van der Waals surface area contributed by atoms with E-state index >= 15 is 0 Å². The number of aliphatic hydroxyl groups is 2. The number of carboxylic acids is 1. The predicted octanol–water partition coefficient (Wildman–Crippen LogP) is 0.998. The number of aliphatic hydroxyl groups excluding tert-OH is 2. The first-order valence-electron chi connectivity index (χ1n) is 5.27. The molecule has 0 heterocycles. The predicted molar refractivity (Wildman–Crippen MR) is 65.0 cm³/mol. The molecular formula is C10H10N4O6. The summed E-state index contributed by atoms with van der Waals surface area (Å²) in [5.41, 5.74) is 6.87. The second kappa shape index (κ2) is 6.48. The molecule has 0 radical (unpaired) electrons. The molecule has 0 aliphatic heterocycles. The molecule has 2 atom stereocenters. The standard InChI is InChI=1S/C10H10N4O6/c11-13-12-4-8(15)9(16)6-2-1-5(10(17)18)3-7(6)14(19)20/h1-3,8-9,15-16H,4H2,(H,17,18). The summed E-state index contributed by atoms with van der Waals surface area (Å²) in [6.07, 6.45) is -3.22. The second-order valence-electron chi connectivity index (χ2n) is 3.76. The van der Waals surface area contributed by atoms with E-state index in [1.165, 1.54) is 0 Å². The molecule has 0 aliphatic carbocycles. The van der Waals surface area contributed by atoms with Crippen molar-refractivity contribution in [3.05, 3.63) is 49.9 Å². The summed E-state index contributed by atoms with van der Waals surface area (Å²) >= 11 is 0. The first-order chi connectivity index (χ1) is 9.38. The van der Waals surface area contributed by atoms with Gasteiger partial charge >= 0.3 is 5.97 Å². The molecule has 3 N–H and O–H groups in total. The largest absolute Gasteiger partial charge is 0.478 e. The summed E-state index contributed by atoms with van der Waals surface area (Å²) < 4.78 is 0. The highest BCUT2D eigenvalue weighted by Gasteiger charge is 2.27. The van der Waals surface area contributed by atoms with E-state index in [-0.39, 0.29) is 11.1 Å². The molecule has 0 fully saturated rings. The maximum Gasteiger partial charge on any atom is 0.335 e. The molecule has 20 heavy (non-hydrogen) atoms. The van der Waals surface area contributed by atoms with Crippen molar-refractivity contribution in [2.24, 2.45) is 5.11 Å². The van der Waals surface area contributed by atoms with E-state index < -0.39 is 35.3 Å². The molecule has 0 saturated carbocycles. The number of nitro benzene ring substituents is 1. The summed E-state index contributed by atoms with van der Waals surface area (Å²) in [6.45, 7) is -0.477. The zero-order chi connectivity index (χ0) is 15.3. The molecule has 0 aliphatic rings. The van der Waals surface area contributed by atoms with Gasteiger partial charge in [0.1, 0.15) is 6.10 Å². The number of aromatic carboxylic acids is 1. The zero-order valence-electron chi connectivity index (χ0n) is 9.95. The van der Waals surface area contributed by atoms with Crippen LogP contribution >= 0.6 is 0 Å². The van der Waals surface area contributed by atoms with Gasteiger partial charge in [0, 0.05) is 11.0 Å². The molecule has 1 aromatic carbocycles. The van der Waals surface area contributed by atoms with Gasteiger partial charge in [-0.25, -0.2) is 4.79 Å². The highest BCUT2D eigenvalue weighted by Crippen LogP contribution is 2.28. The van der Waals surface area contributed by atoms with Crippen molar-refractivity contribution in [2.75, 3.05) is 6.54 Å². The van der Waals surface area contributed by atoms with Crippen molar-refractivity contribution in [3.8, 4) is 0 Å². The third-order valence-electron chi connectivity index (χ3n) is 2.49. The third-order valence-corrected chi connectivity index (χ3v) is 2.49. The van der Waals surface area contributed by atoms with Crippen LogP contribution in [-0.4, -0.2) is 38.9 Å². The van der Waals surface area contributed by atoms with Gasteiger partial charge in [0.25, 0.3) is 5.69 Å². The first-order valence-corrected chi connectivity index (χ1v) is 5.27. The maximum absolute atomic E-state index is 10.9. The number of azide groups is 1. The van der Waals surface area contributed by atoms with Crippen molar-refractivity contribution in [2.45, 2.75) is 12.2 Å². The van der Waals surface area contributed by atoms with Crippen LogP contribution in [0.5, 0.6) is 0 Å². The van der Waals surface area contributed by atoms with Crippen molar-refractivity contribution < 1.29 is 25.0 Å². The summed E-state index contributed by atoms with van der Waals surface area (Å²) in [5, 5.41) is 42.0. The van der Waals surface area contributed by atoms with E-state index in [9.17, 15) is 25.1 Å². The molecule has 106 valence electrons. The van der Waals surface area contributed by atoms with Crippen molar-refractivity contribution in [1.29, 1.82) is 0 Å². The minimum atomic E-state index is -1.68. The molecule has 1 aromatic rings. The van der Waals surface area contributed by atoms with Gasteiger partial charge in [-0.2, -0.15) is 0 Å². The molecule has 0 spiro atoms. The van der Waals surface area contributed by atoms with Crippen LogP contribution in [0.25, 0.3) is 10.4 Å². The molecule has 0 amide bonds. The number of hydrogen-bond donors (Lipinski definition) is 3. The van der Waals surface area contributed by atoms with E-state index in [1.807, 2.05) is 0 Å². The number of benzene rings is 1. The summed E-state index contributed by atoms with van der Waals surface area (Å²) in [6, 6.07) is 2.88. The van der Waals surface area contributed by atoms with Crippen molar-refractivity contribution in [3.63, 3.8) is 0 Å². The van der Waals surface area contributed by atoms with Gasteiger partial charge in [-0.3, -0.25) is 10.1 Å². The molecule has 10 nitrogen and oxygen atoms in total. The summed E-state index contributed by atoms with van der Waals surface area (Å²) in [4.78, 5) is 23.1. The summed E-state index contributed by atoms with van der Waals surface area (Å²) in [7, 11) is 0. The topological polar surface area (TPSA) is 170 Å². The Labute approximate surface area is 111 Å². The van der Waals surface area contributed by atoms with Gasteiger partial charge in [0.2, 0.25) is 0 Å². The highest BCUT2D eigenvalue weighted by molar-refractivity contribution is 5.88. The molecule has 10 heteroatoms. The smallest absolute Gasteiger partial charge is 0.335 e. The normalized spacial score (nSPS) is 13.1. The Morgan fingerprint density at radius 1 is 1.50 bits per heavy atom. The van der Waals surface area contributed by atoms with Gasteiger partial charge < -0.3 is 15.3 Å². The lowest BCUT2D eigenvalue weighted by Crippen LogP contribution is -2.22. The lowest BCUT2D eigenvalue weighted by Gasteiger charge is -2.16. The number of hydrogen-bond acceptors (Lipinski definition) is 6. The number of nitrogens with zero attached hydrogens (tertiary/aromatic N) is 4. The van der Waals surface area contributed by atoms with Crippen LogP contribution in [-0.2, 0) is 0 Å². The monoisotopic (exact) mass is 282 g/mol. The minimum absolute atomic E-state index is 0.263. The van der Waals surface area contributed by atoms with Crippen LogP contribution < -0.4 is 0 Å². The van der Waals surface area contributed by atoms with E-state index in [0.29, 0.717) is 0 Å². The Morgan fingerprint density at radius 3 is 2.65 bits per heavy atom. The van der Waals surface area contributed by atoms with Gasteiger partial charge in [-0.15, -0.1) is 0 Å². The van der Waals surface area contributed by atoms with Crippen LogP contribution in [0.15, 0.2) is 23.3 Å². The van der Waals surface area contributed by atoms with E-state index in [2.05, 4.69) is 10.0 Å². The van der Waals surface area contributed by atoms with Crippen molar-refractivity contribution in [1.82, 2.24) is 0 Å². The van der Waals surface area contributed by atoms with Gasteiger partial charge in [-0.05, 0) is 17.7 Å². The highest BCUT2D eigenvalue weighted by atomic mass is 16.6. The number of rotatable bonds is 6. The quantitative estimate of drug-likeness (QED) is 0.231. The number of nitro groups is 1. The van der Waals surface area contributed by atoms with Crippen LogP contribution in [0.4, 0.5) is 5.69 Å².